The maximum absolute atomic E-state index is 9.53. The second-order valence-corrected chi connectivity index (χ2v) is 5.35. The van der Waals surface area contributed by atoms with Crippen LogP contribution in [-0.4, -0.2) is 23.6 Å². The zero-order chi connectivity index (χ0) is 12.6. The predicted molar refractivity (Wildman–Crippen MR) is 68.2 cm³/mol. The van der Waals surface area contributed by atoms with Gasteiger partial charge >= 0.3 is 0 Å². The molecule has 1 heterocycles. The molecule has 98 valence electrons. The molecule has 0 unspecified atom stereocenters. The fourth-order valence-electron chi connectivity index (χ4n) is 3.12. The monoisotopic (exact) mass is 248 g/mol. The van der Waals surface area contributed by atoms with Gasteiger partial charge in [0.1, 0.15) is 12.2 Å². The normalized spacial score (nSPS) is 30.1. The van der Waals surface area contributed by atoms with Crippen LogP contribution < -0.4 is 0 Å². The molecule has 0 amide bonds. The minimum Gasteiger partial charge on any atom is -0.394 e. The minimum atomic E-state index is -0.430. The lowest BCUT2D eigenvalue weighted by Gasteiger charge is -2.22. The van der Waals surface area contributed by atoms with Crippen molar-refractivity contribution in [1.82, 2.24) is 0 Å². The lowest BCUT2D eigenvalue weighted by atomic mass is 10.00. The number of aryl methyl sites for hydroxylation is 1. The van der Waals surface area contributed by atoms with Crippen LogP contribution in [0.4, 0.5) is 0 Å². The molecule has 2 aliphatic rings. The summed E-state index contributed by atoms with van der Waals surface area (Å²) in [6.45, 7) is 2.09. The van der Waals surface area contributed by atoms with E-state index in [0.717, 1.165) is 31.2 Å². The van der Waals surface area contributed by atoms with Crippen molar-refractivity contribution in [3.8, 4) is 0 Å². The van der Waals surface area contributed by atoms with E-state index >= 15 is 0 Å². The van der Waals surface area contributed by atoms with E-state index in [4.69, 9.17) is 9.47 Å². The average Bonchev–Trinajstić information content (AvgIpc) is 2.98. The fourth-order valence-corrected chi connectivity index (χ4v) is 3.12. The third-order valence-electron chi connectivity index (χ3n) is 4.09. The van der Waals surface area contributed by atoms with Crippen LogP contribution in [0.5, 0.6) is 0 Å². The van der Waals surface area contributed by atoms with E-state index in [9.17, 15) is 5.11 Å². The summed E-state index contributed by atoms with van der Waals surface area (Å²) in [6, 6.07) is 8.18. The highest BCUT2D eigenvalue weighted by Crippen LogP contribution is 2.47. The standard InChI is InChI=1S/C15H20O3/c1-11-6-2-3-7-12(11)14-13(10-16)17-15(18-14)8-4-5-9-15/h2-3,6-7,13-14,16H,4-5,8-10H2,1H3/t13-,14-/m1/s1. The molecule has 18 heavy (non-hydrogen) atoms. The van der Waals surface area contributed by atoms with Gasteiger partial charge in [-0.05, 0) is 30.9 Å². The Morgan fingerprint density at radius 1 is 1.22 bits per heavy atom. The summed E-state index contributed by atoms with van der Waals surface area (Å²) in [6.07, 6.45) is 3.84. The summed E-state index contributed by atoms with van der Waals surface area (Å²) in [7, 11) is 0. The van der Waals surface area contributed by atoms with E-state index in [2.05, 4.69) is 19.1 Å². The lowest BCUT2D eigenvalue weighted by molar-refractivity contribution is -0.172. The van der Waals surface area contributed by atoms with Gasteiger partial charge in [0, 0.05) is 12.8 Å². The van der Waals surface area contributed by atoms with E-state index in [-0.39, 0.29) is 18.8 Å². The molecular weight excluding hydrogens is 228 g/mol. The van der Waals surface area contributed by atoms with Gasteiger partial charge in [0.2, 0.25) is 0 Å². The summed E-state index contributed by atoms with van der Waals surface area (Å²) in [5.74, 6) is -0.430. The molecule has 2 fully saturated rings. The van der Waals surface area contributed by atoms with Gasteiger partial charge in [0.25, 0.3) is 0 Å². The van der Waals surface area contributed by atoms with Gasteiger partial charge in [0.15, 0.2) is 5.79 Å². The molecule has 0 bridgehead atoms. The first-order chi connectivity index (χ1) is 8.74. The molecular formula is C15H20O3. The Bertz CT molecular complexity index is 424. The molecule has 3 rings (SSSR count). The molecule has 3 nitrogen and oxygen atoms in total. The predicted octanol–water partition coefficient (Wildman–Crippen LogP) is 2.71. The quantitative estimate of drug-likeness (QED) is 0.874. The van der Waals surface area contributed by atoms with E-state index in [1.165, 1.54) is 5.56 Å². The molecule has 1 aliphatic heterocycles. The van der Waals surface area contributed by atoms with Crippen molar-refractivity contribution >= 4 is 0 Å². The maximum atomic E-state index is 9.53. The molecule has 1 spiro atoms. The van der Waals surface area contributed by atoms with Crippen molar-refractivity contribution in [2.45, 2.75) is 50.6 Å². The molecule has 1 aliphatic carbocycles. The highest BCUT2D eigenvalue weighted by Gasteiger charge is 2.49. The molecule has 1 aromatic carbocycles. The van der Waals surface area contributed by atoms with Gasteiger partial charge in [-0.3, -0.25) is 0 Å². The van der Waals surface area contributed by atoms with E-state index < -0.39 is 5.79 Å². The van der Waals surface area contributed by atoms with E-state index in [1.54, 1.807) is 0 Å². The second kappa shape index (κ2) is 4.65. The number of benzene rings is 1. The Kier molecular flexibility index (Phi) is 3.14. The fraction of sp³-hybridized carbons (Fsp3) is 0.600. The number of aliphatic hydroxyl groups excluding tert-OH is 1. The van der Waals surface area contributed by atoms with Crippen molar-refractivity contribution in [1.29, 1.82) is 0 Å². The van der Waals surface area contributed by atoms with Gasteiger partial charge in [-0.1, -0.05) is 24.3 Å². The molecule has 3 heteroatoms. The van der Waals surface area contributed by atoms with Crippen LogP contribution in [0, 0.1) is 6.92 Å². The number of ether oxygens (including phenoxy) is 2. The topological polar surface area (TPSA) is 38.7 Å². The zero-order valence-corrected chi connectivity index (χ0v) is 10.8. The highest BCUT2D eigenvalue weighted by atomic mass is 16.8. The zero-order valence-electron chi connectivity index (χ0n) is 10.8. The van der Waals surface area contributed by atoms with Crippen molar-refractivity contribution in [2.75, 3.05) is 6.61 Å². The van der Waals surface area contributed by atoms with Gasteiger partial charge in [-0.15, -0.1) is 0 Å². The third-order valence-corrected chi connectivity index (χ3v) is 4.09. The van der Waals surface area contributed by atoms with Gasteiger partial charge in [0.05, 0.1) is 6.61 Å². The molecule has 0 radical (unpaired) electrons. The third kappa shape index (κ3) is 1.96. The van der Waals surface area contributed by atoms with Crippen LogP contribution in [-0.2, 0) is 9.47 Å². The molecule has 1 aromatic rings. The smallest absolute Gasteiger partial charge is 0.169 e. The minimum absolute atomic E-state index is 0.0146. The Morgan fingerprint density at radius 2 is 1.94 bits per heavy atom. The van der Waals surface area contributed by atoms with Crippen molar-refractivity contribution < 1.29 is 14.6 Å². The summed E-state index contributed by atoms with van der Waals surface area (Å²) in [5.41, 5.74) is 2.33. The van der Waals surface area contributed by atoms with Gasteiger partial charge in [-0.25, -0.2) is 0 Å². The Labute approximate surface area is 108 Å². The van der Waals surface area contributed by atoms with Gasteiger partial charge in [-0.2, -0.15) is 0 Å². The summed E-state index contributed by atoms with van der Waals surface area (Å²) < 4.78 is 12.2. The van der Waals surface area contributed by atoms with Crippen LogP contribution in [0.3, 0.4) is 0 Å². The summed E-state index contributed by atoms with van der Waals surface area (Å²) in [5, 5.41) is 9.53. The molecule has 0 aromatic heterocycles. The molecule has 1 saturated carbocycles. The first-order valence-electron chi connectivity index (χ1n) is 6.76. The number of hydrogen-bond donors (Lipinski definition) is 1. The number of hydrogen-bond acceptors (Lipinski definition) is 3. The van der Waals surface area contributed by atoms with Crippen LogP contribution >= 0.6 is 0 Å². The van der Waals surface area contributed by atoms with Crippen LogP contribution in [0.1, 0.15) is 42.9 Å². The molecule has 1 N–H and O–H groups in total. The first kappa shape index (κ1) is 12.2. The second-order valence-electron chi connectivity index (χ2n) is 5.35. The first-order valence-corrected chi connectivity index (χ1v) is 6.76. The van der Waals surface area contributed by atoms with E-state index in [1.807, 2.05) is 12.1 Å². The largest absolute Gasteiger partial charge is 0.394 e. The van der Waals surface area contributed by atoms with E-state index in [0.29, 0.717) is 0 Å². The molecule has 2 atom stereocenters. The van der Waals surface area contributed by atoms with Crippen LogP contribution in [0.25, 0.3) is 0 Å². The highest BCUT2D eigenvalue weighted by molar-refractivity contribution is 5.29. The van der Waals surface area contributed by atoms with Crippen LogP contribution in [0.2, 0.25) is 0 Å². The van der Waals surface area contributed by atoms with Crippen molar-refractivity contribution in [3.05, 3.63) is 35.4 Å². The number of aliphatic hydroxyl groups is 1. The molecule has 1 saturated heterocycles. The maximum Gasteiger partial charge on any atom is 0.169 e. The summed E-state index contributed by atoms with van der Waals surface area (Å²) in [4.78, 5) is 0. The number of rotatable bonds is 2. The van der Waals surface area contributed by atoms with Gasteiger partial charge < -0.3 is 14.6 Å². The Hall–Kier alpha value is -0.900. The average molecular weight is 248 g/mol. The summed E-state index contributed by atoms with van der Waals surface area (Å²) >= 11 is 0. The van der Waals surface area contributed by atoms with Crippen molar-refractivity contribution in [2.24, 2.45) is 0 Å². The van der Waals surface area contributed by atoms with Crippen molar-refractivity contribution in [3.63, 3.8) is 0 Å². The SMILES string of the molecule is Cc1ccccc1[C@H]1OC2(CCCC2)O[C@@H]1CO. The lowest BCUT2D eigenvalue weighted by Crippen LogP contribution is -2.27. The Morgan fingerprint density at radius 3 is 2.61 bits per heavy atom. The van der Waals surface area contributed by atoms with Crippen LogP contribution in [0.15, 0.2) is 24.3 Å². The Balaban J connectivity index is 1.89.